The van der Waals surface area contributed by atoms with E-state index in [0.29, 0.717) is 0 Å². The van der Waals surface area contributed by atoms with Gasteiger partial charge in [-0.3, -0.25) is 14.9 Å². The third-order valence-corrected chi connectivity index (χ3v) is 6.59. The van der Waals surface area contributed by atoms with E-state index in [-0.39, 0.29) is 23.8 Å². The second kappa shape index (κ2) is 9.23. The molecule has 0 radical (unpaired) electrons. The summed E-state index contributed by atoms with van der Waals surface area (Å²) in [6, 6.07) is 2.54. The van der Waals surface area contributed by atoms with Gasteiger partial charge in [0, 0.05) is 24.4 Å². The first-order valence-corrected chi connectivity index (χ1v) is 10.5. The zero-order chi connectivity index (χ0) is 21.9. The molecule has 1 amide bonds. The van der Waals surface area contributed by atoms with E-state index < -0.39 is 49.0 Å². The third-order valence-electron chi connectivity index (χ3n) is 5.60. The lowest BCUT2D eigenvalue weighted by atomic mass is 9.84. The molecule has 1 aliphatic heterocycles. The quantitative estimate of drug-likeness (QED) is 0.357. The summed E-state index contributed by atoms with van der Waals surface area (Å²) in [7, 11) is 1.59. The molecule has 8 nitrogen and oxygen atoms in total. The molecule has 0 bridgehead atoms. The highest BCUT2D eigenvalue weighted by atomic mass is 32.1. The minimum Gasteiger partial charge on any atom is -0.511 e. The Kier molecular flexibility index (Phi) is 6.89. The SMILES string of the molecule is CN1C(=O)C(C(=O)C[C@H](NC(CO)(CO)CO)c2cccs2)=C(O)[C@H]2C=CC=C[C@H]21. The van der Waals surface area contributed by atoms with E-state index in [9.17, 15) is 30.0 Å². The maximum atomic E-state index is 13.2. The van der Waals surface area contributed by atoms with Gasteiger partial charge >= 0.3 is 0 Å². The summed E-state index contributed by atoms with van der Waals surface area (Å²) in [6.45, 7) is -1.65. The van der Waals surface area contributed by atoms with Crippen LogP contribution in [-0.4, -0.2) is 75.5 Å². The fraction of sp³-hybridized carbons (Fsp3) is 0.429. The average molecular weight is 435 g/mol. The maximum Gasteiger partial charge on any atom is 0.261 e. The number of rotatable bonds is 9. The molecule has 2 heterocycles. The Labute approximate surface area is 178 Å². The minimum atomic E-state index is -1.40. The summed E-state index contributed by atoms with van der Waals surface area (Å²) >= 11 is 1.36. The topological polar surface area (TPSA) is 130 Å². The molecule has 0 unspecified atom stereocenters. The van der Waals surface area contributed by atoms with Crippen molar-refractivity contribution in [3.05, 3.63) is 58.0 Å². The summed E-state index contributed by atoms with van der Waals surface area (Å²) in [5.41, 5.74) is -1.66. The first-order valence-electron chi connectivity index (χ1n) is 9.59. The Balaban J connectivity index is 1.91. The first kappa shape index (κ1) is 22.4. The van der Waals surface area contributed by atoms with Crippen molar-refractivity contribution in [1.82, 2.24) is 10.2 Å². The van der Waals surface area contributed by atoms with Crippen LogP contribution in [0.1, 0.15) is 17.3 Å². The zero-order valence-electron chi connectivity index (χ0n) is 16.6. The summed E-state index contributed by atoms with van der Waals surface area (Å²) < 4.78 is 0. The highest BCUT2D eigenvalue weighted by Crippen LogP contribution is 2.34. The standard InChI is InChI=1S/C21H26N2O6S/c1-23-15-6-3-2-5-13(15)19(28)18(20(23)29)16(27)9-14(17-7-4-8-30-17)22-21(10-24,11-25)12-26/h2-8,13-15,22,24-26,28H,9-12H2,1H3/t13-,14-,15+/m0/s1. The number of Topliss-reactive ketones (excluding diaryl/α,β-unsaturated/α-hetero) is 1. The van der Waals surface area contributed by atoms with Crippen LogP contribution >= 0.6 is 11.3 Å². The second-order valence-electron chi connectivity index (χ2n) is 7.56. The molecule has 3 rings (SSSR count). The summed E-state index contributed by atoms with van der Waals surface area (Å²) in [5.74, 6) is -1.85. The number of aliphatic hydroxyl groups excluding tert-OH is 4. The van der Waals surface area contributed by atoms with E-state index in [0.717, 1.165) is 4.88 Å². The molecule has 3 atom stereocenters. The van der Waals surface area contributed by atoms with E-state index in [4.69, 9.17) is 0 Å². The fourth-order valence-corrected chi connectivity index (χ4v) is 4.50. The van der Waals surface area contributed by atoms with Crippen LogP contribution in [-0.2, 0) is 9.59 Å². The first-order chi connectivity index (χ1) is 14.4. The number of nitrogens with one attached hydrogen (secondary N) is 1. The van der Waals surface area contributed by atoms with Crippen LogP contribution in [0.3, 0.4) is 0 Å². The number of hydrogen-bond acceptors (Lipinski definition) is 8. The van der Waals surface area contributed by atoms with Crippen molar-refractivity contribution in [2.24, 2.45) is 5.92 Å². The van der Waals surface area contributed by atoms with Gasteiger partial charge in [-0.15, -0.1) is 11.3 Å². The van der Waals surface area contributed by atoms with Gasteiger partial charge in [0.1, 0.15) is 11.3 Å². The van der Waals surface area contributed by atoms with Gasteiger partial charge in [-0.25, -0.2) is 0 Å². The van der Waals surface area contributed by atoms with Crippen molar-refractivity contribution in [2.75, 3.05) is 26.9 Å². The van der Waals surface area contributed by atoms with Crippen LogP contribution in [0.25, 0.3) is 0 Å². The number of nitrogens with zero attached hydrogens (tertiary/aromatic N) is 1. The Morgan fingerprint density at radius 3 is 2.50 bits per heavy atom. The van der Waals surface area contributed by atoms with Gasteiger partial charge in [-0.2, -0.15) is 0 Å². The van der Waals surface area contributed by atoms with Crippen LogP contribution < -0.4 is 5.32 Å². The number of aliphatic hydroxyl groups is 4. The molecule has 30 heavy (non-hydrogen) atoms. The minimum absolute atomic E-state index is 0.196. The van der Waals surface area contributed by atoms with Crippen molar-refractivity contribution in [3.63, 3.8) is 0 Å². The number of thiophene rings is 1. The molecule has 1 aromatic heterocycles. The largest absolute Gasteiger partial charge is 0.511 e. The van der Waals surface area contributed by atoms with Gasteiger partial charge in [0.15, 0.2) is 5.78 Å². The third kappa shape index (κ3) is 4.12. The van der Waals surface area contributed by atoms with Crippen LogP contribution in [0.5, 0.6) is 0 Å². The summed E-state index contributed by atoms with van der Waals surface area (Å²) in [4.78, 5) is 28.2. The van der Waals surface area contributed by atoms with Crippen molar-refractivity contribution in [2.45, 2.75) is 24.0 Å². The molecule has 0 aromatic carbocycles. The maximum absolute atomic E-state index is 13.2. The van der Waals surface area contributed by atoms with Crippen molar-refractivity contribution in [1.29, 1.82) is 0 Å². The number of ketones is 1. The molecule has 0 saturated heterocycles. The van der Waals surface area contributed by atoms with Crippen molar-refractivity contribution in [3.8, 4) is 0 Å². The zero-order valence-corrected chi connectivity index (χ0v) is 17.4. The number of fused-ring (bicyclic) bond motifs is 1. The van der Waals surface area contributed by atoms with E-state index in [1.165, 1.54) is 16.2 Å². The van der Waals surface area contributed by atoms with Gasteiger partial charge in [-0.05, 0) is 11.4 Å². The predicted octanol–water partition coefficient (Wildman–Crippen LogP) is 0.449. The van der Waals surface area contributed by atoms with Gasteiger partial charge in [0.25, 0.3) is 5.91 Å². The number of likely N-dealkylation sites (N-methyl/N-ethyl adjacent to an activating group) is 1. The van der Waals surface area contributed by atoms with Crippen LogP contribution in [0.2, 0.25) is 0 Å². The molecule has 0 saturated carbocycles. The second-order valence-corrected chi connectivity index (χ2v) is 8.54. The monoisotopic (exact) mass is 434 g/mol. The molecule has 0 fully saturated rings. The Bertz CT molecular complexity index is 864. The molecular weight excluding hydrogens is 408 g/mol. The van der Waals surface area contributed by atoms with Gasteiger partial charge in [0.05, 0.1) is 37.3 Å². The molecule has 1 aromatic rings. The van der Waals surface area contributed by atoms with Crippen LogP contribution in [0, 0.1) is 5.92 Å². The highest BCUT2D eigenvalue weighted by molar-refractivity contribution is 7.10. The summed E-state index contributed by atoms with van der Waals surface area (Å²) in [5, 5.41) is 44.5. The number of carbonyl (C=O) groups is 2. The van der Waals surface area contributed by atoms with Crippen LogP contribution in [0.4, 0.5) is 0 Å². The number of carbonyl (C=O) groups excluding carboxylic acids is 2. The molecule has 9 heteroatoms. The lowest BCUT2D eigenvalue weighted by Crippen LogP contribution is -2.56. The van der Waals surface area contributed by atoms with Crippen molar-refractivity contribution < 1.29 is 30.0 Å². The Morgan fingerprint density at radius 2 is 1.90 bits per heavy atom. The summed E-state index contributed by atoms with van der Waals surface area (Å²) in [6.07, 6.45) is 6.91. The van der Waals surface area contributed by atoms with Gasteiger partial charge in [-0.1, -0.05) is 30.4 Å². The fourth-order valence-electron chi connectivity index (χ4n) is 3.72. The van der Waals surface area contributed by atoms with E-state index in [2.05, 4.69) is 5.32 Å². The Morgan fingerprint density at radius 1 is 1.23 bits per heavy atom. The lowest BCUT2D eigenvalue weighted by Gasteiger charge is -2.38. The molecule has 1 aliphatic carbocycles. The predicted molar refractivity (Wildman–Crippen MR) is 112 cm³/mol. The average Bonchev–Trinajstić information content (AvgIpc) is 3.30. The van der Waals surface area contributed by atoms with Gasteiger partial charge in [0.2, 0.25) is 0 Å². The Hall–Kier alpha value is -2.30. The number of amides is 1. The van der Waals surface area contributed by atoms with Crippen molar-refractivity contribution >= 4 is 23.0 Å². The lowest BCUT2D eigenvalue weighted by molar-refractivity contribution is -0.132. The molecule has 0 spiro atoms. The van der Waals surface area contributed by atoms with E-state index in [1.807, 2.05) is 5.38 Å². The smallest absolute Gasteiger partial charge is 0.261 e. The molecule has 5 N–H and O–H groups in total. The highest BCUT2D eigenvalue weighted by Gasteiger charge is 2.42. The normalized spacial score (nSPS) is 22.4. The number of hydrogen-bond donors (Lipinski definition) is 5. The van der Waals surface area contributed by atoms with E-state index >= 15 is 0 Å². The molecular formula is C21H26N2O6S. The molecule has 2 aliphatic rings. The number of allylic oxidation sites excluding steroid dienone is 2. The van der Waals surface area contributed by atoms with Crippen LogP contribution in [0.15, 0.2) is 53.1 Å². The van der Waals surface area contributed by atoms with Gasteiger partial charge < -0.3 is 25.3 Å². The molecule has 162 valence electrons. The van der Waals surface area contributed by atoms with E-state index in [1.54, 1.807) is 43.5 Å².